The first-order chi connectivity index (χ1) is 11.5. The van der Waals surface area contributed by atoms with Crippen LogP contribution in [0.4, 0.5) is 0 Å². The van der Waals surface area contributed by atoms with E-state index < -0.39 is 17.9 Å². The highest BCUT2D eigenvalue weighted by atomic mass is 32.2. The molecular weight excluding hydrogens is 332 g/mol. The first-order valence-corrected chi connectivity index (χ1v) is 8.69. The quantitative estimate of drug-likeness (QED) is 0.638. The van der Waals surface area contributed by atoms with Gasteiger partial charge in [0.15, 0.2) is 0 Å². The van der Waals surface area contributed by atoms with Gasteiger partial charge in [0.25, 0.3) is 5.91 Å². The number of esters is 1. The molecule has 24 heavy (non-hydrogen) atoms. The van der Waals surface area contributed by atoms with Gasteiger partial charge in [-0.3, -0.25) is 9.59 Å². The summed E-state index contributed by atoms with van der Waals surface area (Å²) in [5.74, 6) is 0.0101. The van der Waals surface area contributed by atoms with Crippen LogP contribution in [0, 0.1) is 0 Å². The lowest BCUT2D eigenvalue weighted by atomic mass is 10.2. The maximum Gasteiger partial charge on any atom is 0.328 e. The van der Waals surface area contributed by atoms with Crippen LogP contribution in [-0.2, 0) is 14.3 Å². The van der Waals surface area contributed by atoms with Crippen LogP contribution >= 0.6 is 11.8 Å². The number of methoxy groups -OCH3 is 2. The molecule has 0 unspecified atom stereocenters. The van der Waals surface area contributed by atoms with Crippen LogP contribution in [0.3, 0.4) is 0 Å². The molecule has 0 aromatic heterocycles. The zero-order valence-corrected chi connectivity index (χ0v) is 14.8. The molecule has 0 spiro atoms. The van der Waals surface area contributed by atoms with Gasteiger partial charge in [0, 0.05) is 5.56 Å². The molecule has 8 heteroatoms. The monoisotopic (exact) mass is 354 g/mol. The minimum absolute atomic E-state index is 0.225. The van der Waals surface area contributed by atoms with Crippen molar-refractivity contribution in [1.29, 1.82) is 0 Å². The predicted molar refractivity (Wildman–Crippen MR) is 92.3 cm³/mol. The first kappa shape index (κ1) is 19.8. The summed E-state index contributed by atoms with van der Waals surface area (Å²) in [5.41, 5.74) is 0.413. The summed E-state index contributed by atoms with van der Waals surface area (Å²) in [5, 5.41) is 5.07. The zero-order chi connectivity index (χ0) is 17.9. The Labute approximate surface area is 145 Å². The Kier molecular flexibility index (Phi) is 8.70. The Morgan fingerprint density at radius 3 is 2.38 bits per heavy atom. The average molecular weight is 354 g/mol. The Morgan fingerprint density at radius 1 is 1.17 bits per heavy atom. The maximum absolute atomic E-state index is 12.0. The lowest BCUT2D eigenvalue weighted by Crippen LogP contribution is -2.46. The number of thioether (sulfide) groups is 1. The second-order valence-electron chi connectivity index (χ2n) is 4.84. The third kappa shape index (κ3) is 6.49. The van der Waals surface area contributed by atoms with Gasteiger partial charge >= 0.3 is 5.97 Å². The molecule has 0 aliphatic heterocycles. The van der Waals surface area contributed by atoms with Gasteiger partial charge in [-0.25, -0.2) is 4.79 Å². The van der Waals surface area contributed by atoms with Crippen molar-refractivity contribution in [2.24, 2.45) is 0 Å². The third-order valence-electron chi connectivity index (χ3n) is 3.19. The Morgan fingerprint density at radius 2 is 1.83 bits per heavy atom. The van der Waals surface area contributed by atoms with E-state index in [0.29, 0.717) is 23.5 Å². The second kappa shape index (κ2) is 10.5. The molecule has 2 N–H and O–H groups in total. The van der Waals surface area contributed by atoms with Gasteiger partial charge < -0.3 is 20.1 Å². The fourth-order valence-electron chi connectivity index (χ4n) is 1.88. The van der Waals surface area contributed by atoms with Gasteiger partial charge in [0.1, 0.15) is 11.8 Å². The van der Waals surface area contributed by atoms with Gasteiger partial charge in [0.05, 0.1) is 20.8 Å². The van der Waals surface area contributed by atoms with Crippen LogP contribution in [0.15, 0.2) is 24.3 Å². The van der Waals surface area contributed by atoms with E-state index in [4.69, 9.17) is 4.74 Å². The van der Waals surface area contributed by atoms with Crippen LogP contribution in [0.1, 0.15) is 16.8 Å². The normalized spacial score (nSPS) is 11.3. The summed E-state index contributed by atoms with van der Waals surface area (Å²) < 4.78 is 9.68. The molecular formula is C16H22N2O5S. The maximum atomic E-state index is 12.0. The molecule has 0 fully saturated rings. The van der Waals surface area contributed by atoms with Crippen molar-refractivity contribution in [3.8, 4) is 5.75 Å². The average Bonchev–Trinajstić information content (AvgIpc) is 2.62. The molecule has 0 aliphatic rings. The lowest BCUT2D eigenvalue weighted by Gasteiger charge is -2.16. The van der Waals surface area contributed by atoms with Crippen LogP contribution in [-0.4, -0.2) is 56.6 Å². The van der Waals surface area contributed by atoms with Crippen molar-refractivity contribution in [3.63, 3.8) is 0 Å². The summed E-state index contributed by atoms with van der Waals surface area (Å²) in [6.45, 7) is -0.225. The number of benzene rings is 1. The zero-order valence-electron chi connectivity index (χ0n) is 14.0. The summed E-state index contributed by atoms with van der Waals surface area (Å²) in [6.07, 6.45) is 2.37. The highest BCUT2D eigenvalue weighted by Crippen LogP contribution is 2.10. The molecule has 0 bridgehead atoms. The number of ether oxygens (including phenoxy) is 2. The van der Waals surface area contributed by atoms with Crippen molar-refractivity contribution in [1.82, 2.24) is 10.6 Å². The molecule has 0 saturated heterocycles. The van der Waals surface area contributed by atoms with Crippen molar-refractivity contribution in [2.75, 3.05) is 32.8 Å². The fourth-order valence-corrected chi connectivity index (χ4v) is 2.35. The van der Waals surface area contributed by atoms with Gasteiger partial charge in [0.2, 0.25) is 5.91 Å². The van der Waals surface area contributed by atoms with Crippen molar-refractivity contribution in [2.45, 2.75) is 12.5 Å². The standard InChI is InChI=1S/C16H22N2O5S/c1-22-12-6-4-11(5-7-12)15(20)17-10-14(19)18-13(8-9-24-3)16(21)23-2/h4-7,13H,8-10H2,1-3H3,(H,17,20)(H,18,19)/t13-/m1/s1. The molecule has 1 aromatic rings. The highest BCUT2D eigenvalue weighted by Gasteiger charge is 2.21. The number of rotatable bonds is 9. The number of hydrogen-bond acceptors (Lipinski definition) is 6. The summed E-state index contributed by atoms with van der Waals surface area (Å²) >= 11 is 1.56. The third-order valence-corrected chi connectivity index (χ3v) is 3.84. The SMILES string of the molecule is COC(=O)[C@@H](CCSC)NC(=O)CNC(=O)c1ccc(OC)cc1. The predicted octanol–water partition coefficient (Wildman–Crippen LogP) is 0.836. The molecule has 0 saturated carbocycles. The topological polar surface area (TPSA) is 93.7 Å². The van der Waals surface area contributed by atoms with E-state index in [9.17, 15) is 14.4 Å². The van der Waals surface area contributed by atoms with Crippen LogP contribution in [0.2, 0.25) is 0 Å². The van der Waals surface area contributed by atoms with Crippen LogP contribution in [0.25, 0.3) is 0 Å². The van der Waals surface area contributed by atoms with E-state index in [1.807, 2.05) is 6.26 Å². The van der Waals surface area contributed by atoms with Gasteiger partial charge in [-0.1, -0.05) is 0 Å². The van der Waals surface area contributed by atoms with Crippen molar-refractivity contribution >= 4 is 29.5 Å². The number of nitrogens with one attached hydrogen (secondary N) is 2. The van der Waals surface area contributed by atoms with Gasteiger partial charge in [-0.15, -0.1) is 0 Å². The molecule has 1 aromatic carbocycles. The summed E-state index contributed by atoms with van der Waals surface area (Å²) in [7, 11) is 2.81. The van der Waals surface area contributed by atoms with Crippen LogP contribution in [0.5, 0.6) is 5.75 Å². The number of hydrogen-bond donors (Lipinski definition) is 2. The van der Waals surface area contributed by atoms with Crippen molar-refractivity contribution < 1.29 is 23.9 Å². The Hall–Kier alpha value is -2.22. The van der Waals surface area contributed by atoms with E-state index in [1.54, 1.807) is 36.0 Å². The minimum atomic E-state index is -0.715. The lowest BCUT2D eigenvalue weighted by molar-refractivity contribution is -0.145. The molecule has 0 radical (unpaired) electrons. The van der Waals surface area contributed by atoms with Gasteiger partial charge in [-0.2, -0.15) is 11.8 Å². The van der Waals surface area contributed by atoms with E-state index in [0.717, 1.165) is 0 Å². The first-order valence-electron chi connectivity index (χ1n) is 7.30. The molecule has 1 atom stereocenters. The minimum Gasteiger partial charge on any atom is -0.497 e. The molecule has 0 aliphatic carbocycles. The van der Waals surface area contributed by atoms with E-state index >= 15 is 0 Å². The Bertz CT molecular complexity index is 562. The van der Waals surface area contributed by atoms with E-state index in [2.05, 4.69) is 15.4 Å². The largest absolute Gasteiger partial charge is 0.497 e. The fraction of sp³-hybridized carbons (Fsp3) is 0.438. The number of carbonyl (C=O) groups excluding carboxylic acids is 3. The molecule has 0 heterocycles. The number of amides is 2. The molecule has 132 valence electrons. The van der Waals surface area contributed by atoms with Crippen LogP contribution < -0.4 is 15.4 Å². The van der Waals surface area contributed by atoms with E-state index in [1.165, 1.54) is 14.2 Å². The highest BCUT2D eigenvalue weighted by molar-refractivity contribution is 7.98. The number of carbonyl (C=O) groups is 3. The van der Waals surface area contributed by atoms with Crippen molar-refractivity contribution in [3.05, 3.63) is 29.8 Å². The van der Waals surface area contributed by atoms with E-state index in [-0.39, 0.29) is 12.5 Å². The Balaban J connectivity index is 2.50. The molecule has 2 amide bonds. The molecule has 1 rings (SSSR count). The second-order valence-corrected chi connectivity index (χ2v) is 5.82. The van der Waals surface area contributed by atoms with Gasteiger partial charge in [-0.05, 0) is 42.7 Å². The molecule has 7 nitrogen and oxygen atoms in total. The summed E-state index contributed by atoms with van der Waals surface area (Å²) in [6, 6.07) is 5.80. The summed E-state index contributed by atoms with van der Waals surface area (Å²) in [4.78, 5) is 35.5. The smallest absolute Gasteiger partial charge is 0.328 e.